The van der Waals surface area contributed by atoms with Gasteiger partial charge in [-0.2, -0.15) is 0 Å². The van der Waals surface area contributed by atoms with Gasteiger partial charge in [0.25, 0.3) is 5.69 Å². The quantitative estimate of drug-likeness (QED) is 0.636. The van der Waals surface area contributed by atoms with Gasteiger partial charge in [0.05, 0.1) is 10.3 Å². The van der Waals surface area contributed by atoms with Crippen molar-refractivity contribution in [3.05, 3.63) is 63.7 Å². The zero-order valence-corrected chi connectivity index (χ0v) is 16.9. The highest BCUT2D eigenvalue weighted by atomic mass is 16.6. The summed E-state index contributed by atoms with van der Waals surface area (Å²) in [6, 6.07) is 13.2. The van der Waals surface area contributed by atoms with Gasteiger partial charge in [-0.15, -0.1) is 0 Å². The molecule has 2 heterocycles. The molecule has 0 spiro atoms. The van der Waals surface area contributed by atoms with Crippen LogP contribution in [0.4, 0.5) is 17.1 Å². The number of nitrogens with one attached hydrogen (secondary N) is 1. The molecule has 2 aromatic rings. The average Bonchev–Trinajstić information content (AvgIpc) is 3.22. The van der Waals surface area contributed by atoms with Crippen molar-refractivity contribution in [1.29, 1.82) is 0 Å². The molecule has 4 rings (SSSR count). The van der Waals surface area contributed by atoms with Crippen molar-refractivity contribution in [2.45, 2.75) is 25.7 Å². The molecule has 2 aliphatic heterocycles. The van der Waals surface area contributed by atoms with Gasteiger partial charge in [0.2, 0.25) is 5.91 Å². The summed E-state index contributed by atoms with van der Waals surface area (Å²) in [5.74, 6) is 0.0952. The Morgan fingerprint density at radius 3 is 2.41 bits per heavy atom. The monoisotopic (exact) mass is 394 g/mol. The van der Waals surface area contributed by atoms with Crippen LogP contribution >= 0.6 is 0 Å². The van der Waals surface area contributed by atoms with E-state index in [0.29, 0.717) is 31.9 Å². The van der Waals surface area contributed by atoms with Crippen molar-refractivity contribution in [3.8, 4) is 0 Å². The van der Waals surface area contributed by atoms with Gasteiger partial charge in [0, 0.05) is 50.0 Å². The summed E-state index contributed by atoms with van der Waals surface area (Å²) in [7, 11) is 0. The number of nitro groups is 1. The van der Waals surface area contributed by atoms with E-state index in [2.05, 4.69) is 10.2 Å². The van der Waals surface area contributed by atoms with Crippen molar-refractivity contribution >= 4 is 23.0 Å². The average molecular weight is 394 g/mol. The molecule has 7 nitrogen and oxygen atoms in total. The molecule has 1 saturated heterocycles. The van der Waals surface area contributed by atoms with Crippen molar-refractivity contribution in [3.63, 3.8) is 0 Å². The smallest absolute Gasteiger partial charge is 0.292 e. The Morgan fingerprint density at radius 2 is 1.76 bits per heavy atom. The molecule has 0 aliphatic carbocycles. The van der Waals surface area contributed by atoms with Gasteiger partial charge >= 0.3 is 0 Å². The van der Waals surface area contributed by atoms with E-state index in [1.54, 1.807) is 12.1 Å². The molecule has 0 saturated carbocycles. The van der Waals surface area contributed by atoms with E-state index in [1.807, 2.05) is 49.1 Å². The SMILES string of the molecule is CC(C)(C(=O)N1CCN(c2c([N+](=O)[O-])ccc3c2CCN3)CC1)c1ccccc1. The van der Waals surface area contributed by atoms with Crippen LogP contribution in [0.3, 0.4) is 0 Å². The lowest BCUT2D eigenvalue weighted by Gasteiger charge is -2.40. The number of piperazine rings is 1. The number of carbonyl (C=O) groups excluding carboxylic acids is 1. The fourth-order valence-electron chi connectivity index (χ4n) is 4.37. The molecule has 0 unspecified atom stereocenters. The van der Waals surface area contributed by atoms with Crippen LogP contribution in [0.2, 0.25) is 0 Å². The Hall–Kier alpha value is -3.09. The Kier molecular flexibility index (Phi) is 4.90. The van der Waals surface area contributed by atoms with Crippen LogP contribution in [0.15, 0.2) is 42.5 Å². The maximum atomic E-state index is 13.2. The molecular formula is C22H26N4O3. The second-order valence-electron chi connectivity index (χ2n) is 8.16. The fourth-order valence-corrected chi connectivity index (χ4v) is 4.37. The number of amides is 1. The minimum Gasteiger partial charge on any atom is -0.384 e. The van der Waals surface area contributed by atoms with Gasteiger partial charge in [-0.3, -0.25) is 14.9 Å². The van der Waals surface area contributed by atoms with Crippen LogP contribution in [0.5, 0.6) is 0 Å². The second kappa shape index (κ2) is 7.39. The molecule has 152 valence electrons. The summed E-state index contributed by atoms with van der Waals surface area (Å²) in [6.45, 7) is 7.01. The van der Waals surface area contributed by atoms with Gasteiger partial charge < -0.3 is 15.1 Å². The first kappa shape index (κ1) is 19.2. The van der Waals surface area contributed by atoms with Gasteiger partial charge in [0.1, 0.15) is 5.69 Å². The highest BCUT2D eigenvalue weighted by Gasteiger charge is 2.36. The highest BCUT2D eigenvalue weighted by molar-refractivity contribution is 5.88. The summed E-state index contributed by atoms with van der Waals surface area (Å²) < 4.78 is 0. The van der Waals surface area contributed by atoms with Gasteiger partial charge in [-0.25, -0.2) is 0 Å². The van der Waals surface area contributed by atoms with Gasteiger partial charge in [-0.05, 0) is 31.9 Å². The van der Waals surface area contributed by atoms with Crippen LogP contribution in [0, 0.1) is 10.1 Å². The summed E-state index contributed by atoms with van der Waals surface area (Å²) in [6.07, 6.45) is 0.784. The maximum absolute atomic E-state index is 13.2. The number of hydrogen-bond donors (Lipinski definition) is 1. The number of nitro benzene ring substituents is 1. The normalized spacial score (nSPS) is 16.3. The van der Waals surface area contributed by atoms with Crippen molar-refractivity contribution in [2.75, 3.05) is 42.9 Å². The number of anilines is 2. The highest BCUT2D eigenvalue weighted by Crippen LogP contribution is 2.40. The van der Waals surface area contributed by atoms with Crippen LogP contribution in [-0.4, -0.2) is 48.5 Å². The molecule has 0 atom stereocenters. The molecule has 7 heteroatoms. The lowest BCUT2D eigenvalue weighted by molar-refractivity contribution is -0.384. The van der Waals surface area contributed by atoms with E-state index in [4.69, 9.17) is 0 Å². The molecule has 1 fully saturated rings. The minimum atomic E-state index is -0.604. The van der Waals surface area contributed by atoms with Crippen LogP contribution in [0.25, 0.3) is 0 Å². The number of hydrogen-bond acceptors (Lipinski definition) is 5. The van der Waals surface area contributed by atoms with E-state index in [0.717, 1.165) is 29.8 Å². The molecule has 0 aromatic heterocycles. The third kappa shape index (κ3) is 3.41. The molecule has 0 radical (unpaired) electrons. The Labute approximate surface area is 170 Å². The van der Waals surface area contributed by atoms with E-state index in [1.165, 1.54) is 0 Å². The molecular weight excluding hydrogens is 368 g/mol. The number of carbonyl (C=O) groups is 1. The van der Waals surface area contributed by atoms with Crippen LogP contribution in [-0.2, 0) is 16.6 Å². The molecule has 2 aromatic carbocycles. The predicted molar refractivity (Wildman–Crippen MR) is 114 cm³/mol. The van der Waals surface area contributed by atoms with Gasteiger partial charge in [-0.1, -0.05) is 30.3 Å². The van der Waals surface area contributed by atoms with Gasteiger partial charge in [0.15, 0.2) is 0 Å². The second-order valence-corrected chi connectivity index (χ2v) is 8.16. The van der Waals surface area contributed by atoms with Crippen molar-refractivity contribution in [1.82, 2.24) is 4.90 Å². The molecule has 1 N–H and O–H groups in total. The summed E-state index contributed by atoms with van der Waals surface area (Å²) in [5.41, 5.74) is 3.25. The third-order valence-corrected chi connectivity index (χ3v) is 6.06. The largest absolute Gasteiger partial charge is 0.384 e. The molecule has 1 amide bonds. The van der Waals surface area contributed by atoms with Crippen LogP contribution in [0.1, 0.15) is 25.0 Å². The topological polar surface area (TPSA) is 78.7 Å². The van der Waals surface area contributed by atoms with E-state index in [-0.39, 0.29) is 16.5 Å². The first-order chi connectivity index (χ1) is 13.9. The molecule has 29 heavy (non-hydrogen) atoms. The number of benzene rings is 2. The predicted octanol–water partition coefficient (Wildman–Crippen LogP) is 3.19. The Balaban J connectivity index is 1.53. The minimum absolute atomic E-state index is 0.0952. The zero-order chi connectivity index (χ0) is 20.6. The maximum Gasteiger partial charge on any atom is 0.292 e. The number of fused-ring (bicyclic) bond motifs is 1. The first-order valence-electron chi connectivity index (χ1n) is 10.0. The first-order valence-corrected chi connectivity index (χ1v) is 10.0. The lowest BCUT2D eigenvalue weighted by Crippen LogP contribution is -2.53. The van der Waals surface area contributed by atoms with Crippen molar-refractivity contribution < 1.29 is 9.72 Å². The van der Waals surface area contributed by atoms with E-state index in [9.17, 15) is 14.9 Å². The van der Waals surface area contributed by atoms with E-state index >= 15 is 0 Å². The number of nitrogens with zero attached hydrogens (tertiary/aromatic N) is 3. The van der Waals surface area contributed by atoms with E-state index < -0.39 is 5.41 Å². The third-order valence-electron chi connectivity index (χ3n) is 6.06. The molecule has 0 bridgehead atoms. The standard InChI is InChI=1S/C22H26N4O3/c1-22(2,16-6-4-3-5-7-16)21(27)25-14-12-24(13-15-25)20-17-10-11-23-18(17)8-9-19(20)26(28)29/h3-9,23H,10-15H2,1-2H3. The summed E-state index contributed by atoms with van der Waals surface area (Å²) in [4.78, 5) is 28.5. The van der Waals surface area contributed by atoms with Crippen LogP contribution < -0.4 is 10.2 Å². The fraction of sp³-hybridized carbons (Fsp3) is 0.409. The number of rotatable bonds is 4. The lowest BCUT2D eigenvalue weighted by atomic mass is 9.83. The Bertz CT molecular complexity index is 935. The zero-order valence-electron chi connectivity index (χ0n) is 16.9. The Morgan fingerprint density at radius 1 is 1.07 bits per heavy atom. The van der Waals surface area contributed by atoms with Crippen molar-refractivity contribution in [2.24, 2.45) is 0 Å². The summed E-state index contributed by atoms with van der Waals surface area (Å²) >= 11 is 0. The molecule has 2 aliphatic rings. The summed E-state index contributed by atoms with van der Waals surface area (Å²) in [5, 5.41) is 14.9.